The molecule has 3 N–H and O–H groups in total. The highest BCUT2D eigenvalue weighted by molar-refractivity contribution is 6.32. The number of anilines is 1. The number of halogens is 4. The van der Waals surface area contributed by atoms with Crippen LogP contribution in [-0.2, 0) is 15.8 Å². The minimum atomic E-state index is -4.54. The molecule has 2 unspecified atom stereocenters. The molecule has 10 heteroatoms. The number of hydrogen-bond donors (Lipinski definition) is 3. The summed E-state index contributed by atoms with van der Waals surface area (Å²) >= 11 is 5.72. The predicted octanol–water partition coefficient (Wildman–Crippen LogP) is 2.78. The first-order chi connectivity index (χ1) is 11.0. The molecular weight excluding hydrogens is 351 g/mol. The summed E-state index contributed by atoms with van der Waals surface area (Å²) in [4.78, 5) is 26.1. The second-order valence-corrected chi connectivity index (χ2v) is 5.62. The van der Waals surface area contributed by atoms with E-state index >= 15 is 0 Å². The van der Waals surface area contributed by atoms with Gasteiger partial charge in [-0.1, -0.05) is 11.6 Å². The monoisotopic (exact) mass is 367 g/mol. The van der Waals surface area contributed by atoms with Crippen LogP contribution in [0.25, 0.3) is 0 Å². The van der Waals surface area contributed by atoms with Gasteiger partial charge < -0.3 is 15.7 Å². The van der Waals surface area contributed by atoms with Crippen LogP contribution in [0.3, 0.4) is 0 Å². The Morgan fingerprint density at radius 2 is 2.00 bits per heavy atom. The third-order valence-corrected chi connectivity index (χ3v) is 3.63. The highest BCUT2D eigenvalue weighted by Gasteiger charge is 2.31. The van der Waals surface area contributed by atoms with E-state index in [1.165, 1.54) is 6.92 Å². The molecule has 0 saturated carbocycles. The third-order valence-electron chi connectivity index (χ3n) is 3.34. The summed E-state index contributed by atoms with van der Waals surface area (Å²) < 4.78 is 37.5. The first kappa shape index (κ1) is 20.0. The van der Waals surface area contributed by atoms with Crippen LogP contribution >= 0.6 is 11.6 Å². The number of alkyl halides is 3. The molecule has 1 aromatic heterocycles. The van der Waals surface area contributed by atoms with Crippen LogP contribution in [-0.4, -0.2) is 34.6 Å². The van der Waals surface area contributed by atoms with Crippen molar-refractivity contribution in [3.8, 4) is 0 Å². The van der Waals surface area contributed by atoms with Gasteiger partial charge in [-0.2, -0.15) is 13.2 Å². The molecule has 0 aliphatic heterocycles. The summed E-state index contributed by atoms with van der Waals surface area (Å²) in [6.07, 6.45) is -3.91. The second-order valence-electron chi connectivity index (χ2n) is 5.21. The number of carboxylic acid groups (broad SMARTS) is 1. The first-order valence-electron chi connectivity index (χ1n) is 7.01. The summed E-state index contributed by atoms with van der Waals surface area (Å²) in [7, 11) is 0. The number of carboxylic acids is 1. The van der Waals surface area contributed by atoms with Crippen molar-refractivity contribution in [1.29, 1.82) is 0 Å². The van der Waals surface area contributed by atoms with Crippen molar-refractivity contribution in [3.05, 3.63) is 22.8 Å². The number of pyridine rings is 1. The van der Waals surface area contributed by atoms with Gasteiger partial charge in [0.2, 0.25) is 5.91 Å². The molecule has 1 amide bonds. The second kappa shape index (κ2) is 8.18. The zero-order valence-electron chi connectivity index (χ0n) is 12.9. The number of aromatic nitrogens is 1. The molecule has 1 rings (SSSR count). The van der Waals surface area contributed by atoms with Crippen LogP contribution in [0.2, 0.25) is 5.02 Å². The largest absolute Gasteiger partial charge is 0.481 e. The Hall–Kier alpha value is -2.03. The summed E-state index contributed by atoms with van der Waals surface area (Å²) in [5.74, 6) is -2.13. The predicted molar refractivity (Wildman–Crippen MR) is 81.8 cm³/mol. The Bertz CT molecular complexity index is 611. The quantitative estimate of drug-likeness (QED) is 0.689. The molecule has 0 fully saturated rings. The van der Waals surface area contributed by atoms with Crippen LogP contribution < -0.4 is 10.6 Å². The number of hydrogen-bond acceptors (Lipinski definition) is 4. The lowest BCUT2D eigenvalue weighted by atomic mass is 10.0. The van der Waals surface area contributed by atoms with E-state index in [0.29, 0.717) is 6.20 Å². The summed E-state index contributed by atoms with van der Waals surface area (Å²) in [6, 6.07) is 0.191. The zero-order chi connectivity index (χ0) is 18.5. The van der Waals surface area contributed by atoms with E-state index < -0.39 is 35.6 Å². The molecule has 0 aliphatic rings. The number of amides is 1. The Kier molecular flexibility index (Phi) is 6.82. The average molecular weight is 368 g/mol. The molecule has 0 bridgehead atoms. The van der Waals surface area contributed by atoms with Gasteiger partial charge >= 0.3 is 12.1 Å². The Morgan fingerprint density at radius 1 is 1.38 bits per heavy atom. The van der Waals surface area contributed by atoms with Crippen molar-refractivity contribution in [2.24, 2.45) is 5.92 Å². The lowest BCUT2D eigenvalue weighted by molar-refractivity contribution is -0.142. The topological polar surface area (TPSA) is 91.3 Å². The van der Waals surface area contributed by atoms with Gasteiger partial charge in [-0.15, -0.1) is 0 Å². The zero-order valence-corrected chi connectivity index (χ0v) is 13.7. The Balaban J connectivity index is 2.50. The van der Waals surface area contributed by atoms with Gasteiger partial charge in [-0.05, 0) is 19.9 Å². The fraction of sp³-hybridized carbons (Fsp3) is 0.500. The molecule has 0 radical (unpaired) electrons. The normalized spacial score (nSPS) is 13.9. The van der Waals surface area contributed by atoms with Crippen LogP contribution in [0.5, 0.6) is 0 Å². The average Bonchev–Trinajstić information content (AvgIpc) is 2.46. The molecule has 24 heavy (non-hydrogen) atoms. The SMILES string of the molecule is CC(NC(=O)CCNc1ncc(C(F)(F)F)cc1Cl)C(C)C(=O)O. The van der Waals surface area contributed by atoms with Crippen molar-refractivity contribution < 1.29 is 27.9 Å². The molecule has 0 aliphatic carbocycles. The smallest absolute Gasteiger partial charge is 0.417 e. The lowest BCUT2D eigenvalue weighted by Crippen LogP contribution is -2.40. The van der Waals surface area contributed by atoms with E-state index in [1.54, 1.807) is 6.92 Å². The van der Waals surface area contributed by atoms with E-state index in [1.807, 2.05) is 0 Å². The number of carbonyl (C=O) groups is 2. The fourth-order valence-corrected chi connectivity index (χ4v) is 1.92. The molecule has 6 nitrogen and oxygen atoms in total. The van der Waals surface area contributed by atoms with Gasteiger partial charge in [0.05, 0.1) is 16.5 Å². The van der Waals surface area contributed by atoms with E-state index in [2.05, 4.69) is 15.6 Å². The van der Waals surface area contributed by atoms with Gasteiger partial charge in [0, 0.05) is 25.2 Å². The molecule has 134 valence electrons. The van der Waals surface area contributed by atoms with Crippen LogP contribution in [0.4, 0.5) is 19.0 Å². The summed E-state index contributed by atoms with van der Waals surface area (Å²) in [6.45, 7) is 3.12. The van der Waals surface area contributed by atoms with Gasteiger partial charge in [0.15, 0.2) is 0 Å². The summed E-state index contributed by atoms with van der Waals surface area (Å²) in [5, 5.41) is 13.8. The van der Waals surface area contributed by atoms with Gasteiger partial charge in [-0.3, -0.25) is 9.59 Å². The molecular formula is C14H17ClF3N3O3. The minimum Gasteiger partial charge on any atom is -0.481 e. The minimum absolute atomic E-state index is 0.0181. The molecule has 0 spiro atoms. The lowest BCUT2D eigenvalue weighted by Gasteiger charge is -2.18. The number of nitrogens with zero attached hydrogens (tertiary/aromatic N) is 1. The first-order valence-corrected chi connectivity index (χ1v) is 7.39. The fourth-order valence-electron chi connectivity index (χ4n) is 1.68. The van der Waals surface area contributed by atoms with E-state index in [0.717, 1.165) is 6.07 Å². The third kappa shape index (κ3) is 5.88. The van der Waals surface area contributed by atoms with Gasteiger partial charge in [-0.25, -0.2) is 4.98 Å². The van der Waals surface area contributed by atoms with E-state index in [4.69, 9.17) is 16.7 Å². The highest BCUT2D eigenvalue weighted by Crippen LogP contribution is 2.32. The molecule has 1 aromatic rings. The number of nitrogens with one attached hydrogen (secondary N) is 2. The van der Waals surface area contributed by atoms with Gasteiger partial charge in [0.1, 0.15) is 5.82 Å². The van der Waals surface area contributed by atoms with Crippen molar-refractivity contribution >= 4 is 29.3 Å². The Morgan fingerprint density at radius 3 is 2.50 bits per heavy atom. The number of rotatable bonds is 7. The van der Waals surface area contributed by atoms with Crippen LogP contribution in [0, 0.1) is 5.92 Å². The maximum Gasteiger partial charge on any atom is 0.417 e. The van der Waals surface area contributed by atoms with Crippen molar-refractivity contribution in [2.45, 2.75) is 32.5 Å². The van der Waals surface area contributed by atoms with Crippen molar-refractivity contribution in [3.63, 3.8) is 0 Å². The van der Waals surface area contributed by atoms with Gasteiger partial charge in [0.25, 0.3) is 0 Å². The molecule has 1 heterocycles. The maximum absolute atomic E-state index is 12.5. The Labute approximate surface area is 141 Å². The standard InChI is InChI=1S/C14H17ClF3N3O3/c1-7(13(23)24)8(2)21-11(22)3-4-19-12-10(15)5-9(6-20-12)14(16,17)18/h5-8H,3-4H2,1-2H3,(H,19,20)(H,21,22)(H,23,24). The van der Waals surface area contributed by atoms with Crippen LogP contribution in [0.15, 0.2) is 12.3 Å². The van der Waals surface area contributed by atoms with Crippen molar-refractivity contribution in [1.82, 2.24) is 10.3 Å². The highest BCUT2D eigenvalue weighted by atomic mass is 35.5. The number of carbonyl (C=O) groups excluding carboxylic acids is 1. The molecule has 0 saturated heterocycles. The van der Waals surface area contributed by atoms with E-state index in [-0.39, 0.29) is 23.8 Å². The van der Waals surface area contributed by atoms with Crippen LogP contribution in [0.1, 0.15) is 25.8 Å². The maximum atomic E-state index is 12.5. The number of aliphatic carboxylic acids is 1. The van der Waals surface area contributed by atoms with E-state index in [9.17, 15) is 22.8 Å². The van der Waals surface area contributed by atoms with Crippen molar-refractivity contribution in [2.75, 3.05) is 11.9 Å². The molecule has 0 aromatic carbocycles. The summed E-state index contributed by atoms with van der Waals surface area (Å²) in [5.41, 5.74) is -0.965. The molecule has 2 atom stereocenters.